The smallest absolute Gasteiger partial charge is 0.378 e. The van der Waals surface area contributed by atoms with Crippen LogP contribution < -0.4 is 15.4 Å². The van der Waals surface area contributed by atoms with Crippen LogP contribution in [0.1, 0.15) is 16.7 Å². The summed E-state index contributed by atoms with van der Waals surface area (Å²) in [6.07, 6.45) is -3.67. The Morgan fingerprint density at radius 2 is 1.85 bits per heavy atom. The van der Waals surface area contributed by atoms with Gasteiger partial charge in [-0.25, -0.2) is 5.10 Å². The number of fused-ring (bicyclic) bond motifs is 1. The fourth-order valence-electron chi connectivity index (χ4n) is 3.58. The number of hydrogen-bond donors (Lipinski definition) is 1. The molecule has 1 fully saturated rings. The number of nitrogens with one attached hydrogen (secondary N) is 1. The van der Waals surface area contributed by atoms with Crippen LogP contribution in [0, 0.1) is 0 Å². The molecular weight excluding hydrogens is 349 g/mol. The molecular formula is C17H17F3N4O2. The number of ether oxygens (including phenoxy) is 1. The summed E-state index contributed by atoms with van der Waals surface area (Å²) in [5.74, 6) is 0. The van der Waals surface area contributed by atoms with E-state index in [0.717, 1.165) is 36.1 Å². The van der Waals surface area contributed by atoms with Gasteiger partial charge in [0.2, 0.25) is 0 Å². The fourth-order valence-corrected chi connectivity index (χ4v) is 3.58. The van der Waals surface area contributed by atoms with Gasteiger partial charge in [-0.2, -0.15) is 18.3 Å². The molecule has 1 aromatic heterocycles. The molecule has 2 aromatic rings. The first-order valence-corrected chi connectivity index (χ1v) is 8.28. The first kappa shape index (κ1) is 16.9. The number of alkyl halides is 3. The second kappa shape index (κ2) is 6.31. The Morgan fingerprint density at radius 3 is 2.58 bits per heavy atom. The molecule has 1 N–H and O–H groups in total. The van der Waals surface area contributed by atoms with E-state index >= 15 is 0 Å². The van der Waals surface area contributed by atoms with Gasteiger partial charge in [-0.3, -0.25) is 4.79 Å². The van der Waals surface area contributed by atoms with E-state index in [1.807, 2.05) is 23.3 Å². The van der Waals surface area contributed by atoms with Gasteiger partial charge in [0.25, 0.3) is 5.56 Å². The molecule has 0 atom stereocenters. The minimum atomic E-state index is -4.74. The zero-order chi connectivity index (χ0) is 18.3. The highest BCUT2D eigenvalue weighted by Crippen LogP contribution is 2.39. The number of H-pyrrole nitrogens is 1. The van der Waals surface area contributed by atoms with Gasteiger partial charge in [0.05, 0.1) is 25.1 Å². The number of halogens is 3. The maximum Gasteiger partial charge on any atom is 0.423 e. The molecule has 0 saturated carbocycles. The van der Waals surface area contributed by atoms with Gasteiger partial charge >= 0.3 is 6.18 Å². The van der Waals surface area contributed by atoms with Gasteiger partial charge in [0, 0.05) is 31.9 Å². The van der Waals surface area contributed by atoms with E-state index in [1.54, 1.807) is 4.90 Å². The predicted octanol–water partition coefficient (Wildman–Crippen LogP) is 2.15. The second-order valence-corrected chi connectivity index (χ2v) is 6.33. The fraction of sp³-hybridized carbons (Fsp3) is 0.412. The van der Waals surface area contributed by atoms with Crippen molar-refractivity contribution >= 4 is 11.4 Å². The second-order valence-electron chi connectivity index (χ2n) is 6.33. The first-order valence-electron chi connectivity index (χ1n) is 8.28. The molecule has 1 saturated heterocycles. The van der Waals surface area contributed by atoms with Gasteiger partial charge in [-0.05, 0) is 17.2 Å². The van der Waals surface area contributed by atoms with Crippen LogP contribution in [0.2, 0.25) is 0 Å². The molecule has 0 spiro atoms. The van der Waals surface area contributed by atoms with Gasteiger partial charge in [0.1, 0.15) is 5.56 Å². The van der Waals surface area contributed by atoms with Crippen molar-refractivity contribution in [3.8, 4) is 0 Å². The third-order valence-electron chi connectivity index (χ3n) is 4.77. The third-order valence-corrected chi connectivity index (χ3v) is 4.77. The summed E-state index contributed by atoms with van der Waals surface area (Å²) in [6, 6.07) is 5.80. The standard InChI is InChI=1S/C17H17F3N4O2/c18-17(19,20)15-14(8-21-22-16(15)25)24-9-11-2-1-3-13(12(11)10-24)23-4-6-26-7-5-23/h1-3,8H,4-7,9-10H2,(H,22,25). The van der Waals surface area contributed by atoms with Crippen molar-refractivity contribution in [3.05, 3.63) is 51.4 Å². The average molecular weight is 366 g/mol. The highest BCUT2D eigenvalue weighted by Gasteiger charge is 2.40. The van der Waals surface area contributed by atoms with Gasteiger partial charge in [0.15, 0.2) is 0 Å². The Labute approximate surface area is 147 Å². The van der Waals surface area contributed by atoms with Crippen LogP contribution in [0.3, 0.4) is 0 Å². The molecule has 6 nitrogen and oxygen atoms in total. The minimum absolute atomic E-state index is 0.189. The summed E-state index contributed by atoms with van der Waals surface area (Å²) in [5, 5.41) is 5.45. The van der Waals surface area contributed by atoms with Crippen molar-refractivity contribution in [2.75, 3.05) is 36.1 Å². The van der Waals surface area contributed by atoms with Crippen molar-refractivity contribution < 1.29 is 17.9 Å². The van der Waals surface area contributed by atoms with E-state index in [-0.39, 0.29) is 5.69 Å². The van der Waals surface area contributed by atoms with E-state index in [2.05, 4.69) is 10.00 Å². The number of anilines is 2. The Balaban J connectivity index is 1.70. The molecule has 138 valence electrons. The zero-order valence-electron chi connectivity index (χ0n) is 13.8. The molecule has 4 rings (SSSR count). The molecule has 0 unspecified atom stereocenters. The highest BCUT2D eigenvalue weighted by atomic mass is 19.4. The lowest BCUT2D eigenvalue weighted by molar-refractivity contribution is -0.138. The van der Waals surface area contributed by atoms with Crippen molar-refractivity contribution in [3.63, 3.8) is 0 Å². The topological polar surface area (TPSA) is 61.5 Å². The molecule has 0 bridgehead atoms. The Hall–Kier alpha value is -2.55. The number of rotatable bonds is 2. The zero-order valence-corrected chi connectivity index (χ0v) is 13.8. The van der Waals surface area contributed by atoms with E-state index in [1.165, 1.54) is 0 Å². The number of aromatic amines is 1. The number of morpholine rings is 1. The van der Waals surface area contributed by atoms with Crippen molar-refractivity contribution in [2.24, 2.45) is 0 Å². The Morgan fingerprint density at radius 1 is 1.08 bits per heavy atom. The molecule has 1 aromatic carbocycles. The molecule has 9 heteroatoms. The van der Waals surface area contributed by atoms with Gasteiger partial charge in [-0.1, -0.05) is 12.1 Å². The van der Waals surface area contributed by atoms with Crippen LogP contribution in [0.25, 0.3) is 0 Å². The maximum absolute atomic E-state index is 13.4. The van der Waals surface area contributed by atoms with Crippen molar-refractivity contribution in [1.29, 1.82) is 0 Å². The van der Waals surface area contributed by atoms with Crippen molar-refractivity contribution in [2.45, 2.75) is 19.3 Å². The van der Waals surface area contributed by atoms with E-state index < -0.39 is 17.3 Å². The first-order chi connectivity index (χ1) is 12.4. The largest absolute Gasteiger partial charge is 0.423 e. The molecule has 0 amide bonds. The minimum Gasteiger partial charge on any atom is -0.378 e. The summed E-state index contributed by atoms with van der Waals surface area (Å²) in [4.78, 5) is 15.5. The molecule has 2 aliphatic heterocycles. The normalized spacial score (nSPS) is 17.5. The summed E-state index contributed by atoms with van der Waals surface area (Å²) in [7, 11) is 0. The monoisotopic (exact) mass is 366 g/mol. The molecule has 0 aliphatic carbocycles. The highest BCUT2D eigenvalue weighted by molar-refractivity contribution is 5.64. The molecule has 26 heavy (non-hydrogen) atoms. The quantitative estimate of drug-likeness (QED) is 0.883. The Kier molecular flexibility index (Phi) is 4.10. The lowest BCUT2D eigenvalue weighted by Gasteiger charge is -2.30. The van der Waals surface area contributed by atoms with Crippen molar-refractivity contribution in [1.82, 2.24) is 10.2 Å². The average Bonchev–Trinajstić information content (AvgIpc) is 3.05. The molecule has 0 radical (unpaired) electrons. The van der Waals surface area contributed by atoms with E-state index in [4.69, 9.17) is 4.74 Å². The van der Waals surface area contributed by atoms with Crippen LogP contribution in [-0.4, -0.2) is 36.5 Å². The van der Waals surface area contributed by atoms with E-state index in [0.29, 0.717) is 26.3 Å². The number of hydrogen-bond acceptors (Lipinski definition) is 5. The number of nitrogens with zero attached hydrogens (tertiary/aromatic N) is 3. The third kappa shape index (κ3) is 2.92. The predicted molar refractivity (Wildman–Crippen MR) is 89.2 cm³/mol. The molecule has 3 heterocycles. The Bertz CT molecular complexity index is 875. The lowest BCUT2D eigenvalue weighted by atomic mass is 10.1. The number of benzene rings is 1. The van der Waals surface area contributed by atoms with Crippen LogP contribution in [-0.2, 0) is 24.0 Å². The SMILES string of the molecule is O=c1[nH]ncc(N2Cc3cccc(N4CCOCC4)c3C2)c1C(F)(F)F. The lowest BCUT2D eigenvalue weighted by Crippen LogP contribution is -2.36. The van der Waals surface area contributed by atoms with Crippen LogP contribution in [0.5, 0.6) is 0 Å². The number of aromatic nitrogens is 2. The van der Waals surface area contributed by atoms with E-state index in [9.17, 15) is 18.0 Å². The van der Waals surface area contributed by atoms with Crippen LogP contribution >= 0.6 is 0 Å². The van der Waals surface area contributed by atoms with Crippen LogP contribution in [0.15, 0.2) is 29.2 Å². The van der Waals surface area contributed by atoms with Gasteiger partial charge in [-0.15, -0.1) is 0 Å². The summed E-state index contributed by atoms with van der Waals surface area (Å²) < 4.78 is 45.5. The maximum atomic E-state index is 13.4. The molecule has 2 aliphatic rings. The summed E-state index contributed by atoms with van der Waals surface area (Å²) >= 11 is 0. The van der Waals surface area contributed by atoms with Crippen LogP contribution in [0.4, 0.5) is 24.5 Å². The summed E-state index contributed by atoms with van der Waals surface area (Å²) in [5.41, 5.74) is 0.350. The van der Waals surface area contributed by atoms with Gasteiger partial charge < -0.3 is 14.5 Å². The summed E-state index contributed by atoms with van der Waals surface area (Å²) in [6.45, 7) is 3.36.